The molecule has 0 saturated carbocycles. The predicted octanol–water partition coefficient (Wildman–Crippen LogP) is 1.94. The Morgan fingerprint density at radius 2 is 2.17 bits per heavy atom. The van der Waals surface area contributed by atoms with Crippen molar-refractivity contribution in [1.29, 1.82) is 0 Å². The Hall–Kier alpha value is -1.84. The van der Waals surface area contributed by atoms with Gasteiger partial charge in [-0.25, -0.2) is 0 Å². The van der Waals surface area contributed by atoms with Crippen molar-refractivity contribution >= 4 is 17.5 Å². The summed E-state index contributed by atoms with van der Waals surface area (Å²) in [5.74, 6) is -1.73. The summed E-state index contributed by atoms with van der Waals surface area (Å²) in [5, 5.41) is 2.68. The molecule has 0 radical (unpaired) electrons. The van der Waals surface area contributed by atoms with Crippen LogP contribution < -0.4 is 11.1 Å². The van der Waals surface area contributed by atoms with Crippen LogP contribution >= 0.6 is 0 Å². The van der Waals surface area contributed by atoms with E-state index in [0.29, 0.717) is 5.69 Å². The molecule has 2 amide bonds. The Labute approximate surface area is 107 Å². The molecule has 18 heavy (non-hydrogen) atoms. The molecule has 0 saturated heterocycles. The average molecular weight is 246 g/mol. The molecule has 1 aromatic rings. The summed E-state index contributed by atoms with van der Waals surface area (Å²) in [7, 11) is 0. The molecule has 0 spiro atoms. The SMILES string of the molecule is CCCCCc1ccc2c(c1)C(C(N)=O)C(=O)N2. The van der Waals surface area contributed by atoms with E-state index in [9.17, 15) is 9.59 Å². The summed E-state index contributed by atoms with van der Waals surface area (Å²) in [6.07, 6.45) is 4.46. The van der Waals surface area contributed by atoms with E-state index in [4.69, 9.17) is 5.73 Å². The largest absolute Gasteiger partial charge is 0.369 e. The maximum Gasteiger partial charge on any atom is 0.241 e. The molecule has 0 fully saturated rings. The Bertz CT molecular complexity index is 483. The highest BCUT2D eigenvalue weighted by Crippen LogP contribution is 2.33. The number of unbranched alkanes of at least 4 members (excludes halogenated alkanes) is 2. The number of hydrogen-bond acceptors (Lipinski definition) is 2. The first-order chi connectivity index (χ1) is 8.63. The van der Waals surface area contributed by atoms with E-state index in [0.717, 1.165) is 24.0 Å². The second-order valence-electron chi connectivity index (χ2n) is 4.70. The third-order valence-corrected chi connectivity index (χ3v) is 3.30. The lowest BCUT2D eigenvalue weighted by Gasteiger charge is -2.06. The quantitative estimate of drug-likeness (QED) is 0.615. The van der Waals surface area contributed by atoms with Gasteiger partial charge < -0.3 is 11.1 Å². The highest BCUT2D eigenvalue weighted by Gasteiger charge is 2.34. The molecule has 1 heterocycles. The number of hydrogen-bond donors (Lipinski definition) is 2. The zero-order valence-corrected chi connectivity index (χ0v) is 10.5. The summed E-state index contributed by atoms with van der Waals surface area (Å²) in [5.41, 5.74) is 7.87. The maximum absolute atomic E-state index is 11.6. The van der Waals surface area contributed by atoms with Crippen LogP contribution in [0.15, 0.2) is 18.2 Å². The smallest absolute Gasteiger partial charge is 0.241 e. The zero-order valence-electron chi connectivity index (χ0n) is 10.5. The van der Waals surface area contributed by atoms with E-state index in [-0.39, 0.29) is 5.91 Å². The molecule has 96 valence electrons. The Morgan fingerprint density at radius 3 is 2.83 bits per heavy atom. The summed E-state index contributed by atoms with van der Waals surface area (Å²) >= 11 is 0. The van der Waals surface area contributed by atoms with Crippen molar-refractivity contribution in [1.82, 2.24) is 0 Å². The Balaban J connectivity index is 2.21. The van der Waals surface area contributed by atoms with E-state index >= 15 is 0 Å². The molecule has 0 aliphatic carbocycles. The molecule has 2 rings (SSSR count). The van der Waals surface area contributed by atoms with Gasteiger partial charge in [-0.05, 0) is 30.0 Å². The number of nitrogens with two attached hydrogens (primary N) is 1. The number of anilines is 1. The summed E-state index contributed by atoms with van der Waals surface area (Å²) < 4.78 is 0. The van der Waals surface area contributed by atoms with E-state index in [2.05, 4.69) is 12.2 Å². The minimum absolute atomic E-state index is 0.316. The second-order valence-corrected chi connectivity index (χ2v) is 4.70. The van der Waals surface area contributed by atoms with Crippen LogP contribution in [0.2, 0.25) is 0 Å². The van der Waals surface area contributed by atoms with Crippen LogP contribution in [0.4, 0.5) is 5.69 Å². The number of primary amides is 1. The van der Waals surface area contributed by atoms with Crippen LogP contribution in [0, 0.1) is 0 Å². The van der Waals surface area contributed by atoms with Gasteiger partial charge >= 0.3 is 0 Å². The van der Waals surface area contributed by atoms with Crippen LogP contribution in [-0.4, -0.2) is 11.8 Å². The monoisotopic (exact) mass is 246 g/mol. The van der Waals surface area contributed by atoms with Crippen molar-refractivity contribution in [2.45, 2.75) is 38.5 Å². The van der Waals surface area contributed by atoms with Crippen LogP contribution in [0.5, 0.6) is 0 Å². The number of nitrogens with one attached hydrogen (secondary N) is 1. The van der Waals surface area contributed by atoms with Crippen LogP contribution in [0.3, 0.4) is 0 Å². The second kappa shape index (κ2) is 5.21. The van der Waals surface area contributed by atoms with E-state index in [1.54, 1.807) is 0 Å². The Morgan fingerprint density at radius 1 is 1.39 bits per heavy atom. The molecule has 4 heteroatoms. The van der Waals surface area contributed by atoms with Crippen molar-refractivity contribution in [3.8, 4) is 0 Å². The number of aryl methyl sites for hydroxylation is 1. The fraction of sp³-hybridized carbons (Fsp3) is 0.429. The number of amides is 2. The van der Waals surface area contributed by atoms with Crippen LogP contribution in [0.25, 0.3) is 0 Å². The number of carbonyl (C=O) groups is 2. The first-order valence-electron chi connectivity index (χ1n) is 6.36. The third kappa shape index (κ3) is 2.37. The van der Waals surface area contributed by atoms with Gasteiger partial charge in [0.15, 0.2) is 0 Å². The standard InChI is InChI=1S/C14H18N2O2/c1-2-3-4-5-9-6-7-11-10(8-9)12(13(15)17)14(18)16-11/h6-8,12H,2-5H2,1H3,(H2,15,17)(H,16,18). The van der Waals surface area contributed by atoms with Gasteiger partial charge in [0.25, 0.3) is 0 Å². The molecule has 0 aromatic heterocycles. The molecule has 1 aliphatic heterocycles. The molecule has 4 nitrogen and oxygen atoms in total. The van der Waals surface area contributed by atoms with Gasteiger partial charge in [-0.1, -0.05) is 31.9 Å². The molecule has 1 aliphatic rings. The number of rotatable bonds is 5. The van der Waals surface area contributed by atoms with Crippen molar-refractivity contribution in [2.24, 2.45) is 5.73 Å². The van der Waals surface area contributed by atoms with E-state index < -0.39 is 11.8 Å². The molecule has 3 N–H and O–H groups in total. The molecular weight excluding hydrogens is 228 g/mol. The summed E-state index contributed by atoms with van der Waals surface area (Å²) in [4.78, 5) is 22.9. The minimum Gasteiger partial charge on any atom is -0.369 e. The molecule has 0 bridgehead atoms. The van der Waals surface area contributed by atoms with E-state index in [1.165, 1.54) is 12.8 Å². The van der Waals surface area contributed by atoms with Gasteiger partial charge in [-0.3, -0.25) is 9.59 Å². The highest BCUT2D eigenvalue weighted by molar-refractivity contribution is 6.15. The van der Waals surface area contributed by atoms with Gasteiger partial charge in [0.1, 0.15) is 5.92 Å². The van der Waals surface area contributed by atoms with Crippen LogP contribution in [-0.2, 0) is 16.0 Å². The fourth-order valence-electron chi connectivity index (χ4n) is 2.33. The average Bonchev–Trinajstić information content (AvgIpc) is 2.64. The topological polar surface area (TPSA) is 72.2 Å². The van der Waals surface area contributed by atoms with Gasteiger partial charge in [-0.2, -0.15) is 0 Å². The molecule has 1 aromatic carbocycles. The highest BCUT2D eigenvalue weighted by atomic mass is 16.2. The van der Waals surface area contributed by atoms with Gasteiger partial charge in [-0.15, -0.1) is 0 Å². The van der Waals surface area contributed by atoms with Gasteiger partial charge in [0, 0.05) is 5.69 Å². The number of carbonyl (C=O) groups excluding carboxylic acids is 2. The first kappa shape index (κ1) is 12.6. The van der Waals surface area contributed by atoms with Gasteiger partial charge in [0.05, 0.1) is 0 Å². The molecule has 1 unspecified atom stereocenters. The fourth-order valence-corrected chi connectivity index (χ4v) is 2.33. The van der Waals surface area contributed by atoms with Gasteiger partial charge in [0.2, 0.25) is 11.8 Å². The van der Waals surface area contributed by atoms with Crippen molar-refractivity contribution in [3.05, 3.63) is 29.3 Å². The maximum atomic E-state index is 11.6. The lowest BCUT2D eigenvalue weighted by atomic mass is 9.96. The third-order valence-electron chi connectivity index (χ3n) is 3.30. The predicted molar refractivity (Wildman–Crippen MR) is 70.2 cm³/mol. The number of fused-ring (bicyclic) bond motifs is 1. The molecular formula is C14H18N2O2. The summed E-state index contributed by atoms with van der Waals surface area (Å²) in [6, 6.07) is 5.79. The van der Waals surface area contributed by atoms with Crippen molar-refractivity contribution in [2.75, 3.05) is 5.32 Å². The first-order valence-corrected chi connectivity index (χ1v) is 6.36. The van der Waals surface area contributed by atoms with Crippen LogP contribution in [0.1, 0.15) is 43.2 Å². The zero-order chi connectivity index (χ0) is 13.1. The molecule has 1 atom stereocenters. The lowest BCUT2D eigenvalue weighted by Crippen LogP contribution is -2.27. The minimum atomic E-state index is -0.828. The number of benzene rings is 1. The van der Waals surface area contributed by atoms with Crippen molar-refractivity contribution in [3.63, 3.8) is 0 Å². The van der Waals surface area contributed by atoms with E-state index in [1.807, 2.05) is 18.2 Å². The summed E-state index contributed by atoms with van der Waals surface area (Å²) in [6.45, 7) is 2.16. The lowest BCUT2D eigenvalue weighted by molar-refractivity contribution is -0.126. The van der Waals surface area contributed by atoms with Crippen molar-refractivity contribution < 1.29 is 9.59 Å². The normalized spacial score (nSPS) is 17.4. The Kier molecular flexibility index (Phi) is 3.65.